The quantitative estimate of drug-likeness (QED) is 0.611. The highest BCUT2D eigenvalue weighted by Gasteiger charge is 2.35. The maximum atomic E-state index is 13.3. The zero-order valence-electron chi connectivity index (χ0n) is 16.8. The molecule has 2 aromatic carbocycles. The first-order chi connectivity index (χ1) is 14.8. The van der Waals surface area contributed by atoms with Crippen LogP contribution in [0.5, 0.6) is 0 Å². The van der Waals surface area contributed by atoms with E-state index in [9.17, 15) is 18.3 Å². The zero-order chi connectivity index (χ0) is 22.2. The molecule has 1 aromatic heterocycles. The Morgan fingerprint density at radius 3 is 2.68 bits per heavy atom. The number of rotatable bonds is 5. The highest BCUT2D eigenvalue weighted by Crippen LogP contribution is 2.29. The van der Waals surface area contributed by atoms with Crippen LogP contribution in [-0.4, -0.2) is 47.9 Å². The van der Waals surface area contributed by atoms with E-state index in [-0.39, 0.29) is 24.0 Å². The van der Waals surface area contributed by atoms with E-state index in [1.807, 2.05) is 13.0 Å². The number of hydrogen-bond acceptors (Lipinski definition) is 5. The van der Waals surface area contributed by atoms with Gasteiger partial charge in [0.15, 0.2) is 6.10 Å². The topological polar surface area (TPSA) is 99.6 Å². The number of aliphatic hydroxyl groups excluding tert-OH is 1. The summed E-state index contributed by atoms with van der Waals surface area (Å²) in [7, 11) is -3.76. The number of halogens is 1. The first-order valence-corrected chi connectivity index (χ1v) is 11.7. The van der Waals surface area contributed by atoms with Gasteiger partial charge in [0.2, 0.25) is 10.0 Å². The first kappa shape index (κ1) is 21.7. The molecule has 162 valence electrons. The number of nitrogens with one attached hydrogen (secondary N) is 1. The third-order valence-electron chi connectivity index (χ3n) is 5.51. The Labute approximate surface area is 185 Å². The van der Waals surface area contributed by atoms with Crippen molar-refractivity contribution in [2.45, 2.75) is 30.4 Å². The number of fused-ring (bicyclic) bond motifs is 1. The van der Waals surface area contributed by atoms with Gasteiger partial charge >= 0.3 is 0 Å². The molecule has 2 N–H and O–H groups in total. The predicted molar refractivity (Wildman–Crippen MR) is 118 cm³/mol. The Morgan fingerprint density at radius 1 is 1.19 bits per heavy atom. The number of carbonyl (C=O) groups is 1. The summed E-state index contributed by atoms with van der Waals surface area (Å²) in [5.41, 5.74) is 1.32. The summed E-state index contributed by atoms with van der Waals surface area (Å²) in [5, 5.41) is 15.0. The monoisotopic (exact) mass is 459 g/mol. The van der Waals surface area contributed by atoms with Crippen LogP contribution in [0.3, 0.4) is 0 Å². The van der Waals surface area contributed by atoms with Crippen LogP contribution >= 0.6 is 11.6 Å². The molecule has 0 radical (unpaired) electrons. The molecule has 7 nitrogen and oxygen atoms in total. The third kappa shape index (κ3) is 4.29. The van der Waals surface area contributed by atoms with Crippen LogP contribution in [0.15, 0.2) is 59.8 Å². The molecule has 1 aliphatic rings. The standard InChI is InChI=1S/C22H22ClN3O4S/c1-14-11-24-12-19-18(14)3-2-4-20(19)31(29,30)26-10-9-17(13-26)25-22(28)21(27)15-5-7-16(23)8-6-15/h2-8,11-12,17,21,27H,9-10,13H2,1H3,(H,25,28)/t17-,21?/m0/s1. The van der Waals surface area contributed by atoms with Crippen LogP contribution in [-0.2, 0) is 14.8 Å². The Balaban J connectivity index is 1.49. The lowest BCUT2D eigenvalue weighted by Gasteiger charge is -2.19. The van der Waals surface area contributed by atoms with E-state index in [2.05, 4.69) is 10.3 Å². The summed E-state index contributed by atoms with van der Waals surface area (Å²) in [5.74, 6) is -0.573. The fraction of sp³-hybridized carbons (Fsp3) is 0.273. The number of hydrogen-bond donors (Lipinski definition) is 2. The summed E-state index contributed by atoms with van der Waals surface area (Å²) >= 11 is 5.84. The number of pyridine rings is 1. The average Bonchev–Trinajstić information content (AvgIpc) is 3.23. The van der Waals surface area contributed by atoms with E-state index in [4.69, 9.17) is 11.6 Å². The molecular weight excluding hydrogens is 438 g/mol. The summed E-state index contributed by atoms with van der Waals surface area (Å²) in [6.07, 6.45) is 2.37. The molecule has 9 heteroatoms. The Bertz CT molecular complexity index is 1230. The minimum atomic E-state index is -3.76. The van der Waals surface area contributed by atoms with E-state index < -0.39 is 22.0 Å². The molecule has 0 aliphatic carbocycles. The minimum Gasteiger partial charge on any atom is -0.378 e. The van der Waals surface area contributed by atoms with Gasteiger partial charge in [0.25, 0.3) is 5.91 Å². The number of amides is 1. The Morgan fingerprint density at radius 2 is 1.94 bits per heavy atom. The summed E-state index contributed by atoms with van der Waals surface area (Å²) in [6, 6.07) is 11.1. The molecule has 3 aromatic rings. The van der Waals surface area contributed by atoms with Gasteiger partial charge in [0.05, 0.1) is 4.90 Å². The summed E-state index contributed by atoms with van der Waals surface area (Å²) < 4.78 is 28.0. The maximum absolute atomic E-state index is 13.3. The van der Waals surface area contributed by atoms with Crippen LogP contribution < -0.4 is 5.32 Å². The van der Waals surface area contributed by atoms with E-state index in [1.54, 1.807) is 48.8 Å². The van der Waals surface area contributed by atoms with Gasteiger partial charge in [0.1, 0.15) is 0 Å². The Kier molecular flexibility index (Phi) is 5.98. The van der Waals surface area contributed by atoms with E-state index in [0.717, 1.165) is 10.9 Å². The number of carbonyl (C=O) groups excluding carboxylic acids is 1. The number of aryl methyl sites for hydroxylation is 1. The molecule has 0 saturated carbocycles. The number of aromatic nitrogens is 1. The predicted octanol–water partition coefficient (Wildman–Crippen LogP) is 2.81. The highest BCUT2D eigenvalue weighted by molar-refractivity contribution is 7.89. The third-order valence-corrected chi connectivity index (χ3v) is 7.69. The summed E-state index contributed by atoms with van der Waals surface area (Å²) in [4.78, 5) is 16.8. The highest BCUT2D eigenvalue weighted by atomic mass is 35.5. The number of benzene rings is 2. The van der Waals surface area contributed by atoms with Crippen LogP contribution in [0.2, 0.25) is 5.02 Å². The molecule has 4 rings (SSSR count). The zero-order valence-corrected chi connectivity index (χ0v) is 18.4. The molecule has 0 spiro atoms. The van der Waals surface area contributed by atoms with Gasteiger partial charge in [0, 0.05) is 41.9 Å². The van der Waals surface area contributed by atoms with Gasteiger partial charge in [-0.1, -0.05) is 35.9 Å². The van der Waals surface area contributed by atoms with E-state index >= 15 is 0 Å². The maximum Gasteiger partial charge on any atom is 0.253 e. The molecule has 31 heavy (non-hydrogen) atoms. The van der Waals surface area contributed by atoms with Gasteiger partial charge in [-0.25, -0.2) is 8.42 Å². The lowest BCUT2D eigenvalue weighted by atomic mass is 10.1. The second kappa shape index (κ2) is 8.55. The molecule has 1 unspecified atom stereocenters. The molecule has 2 atom stereocenters. The lowest BCUT2D eigenvalue weighted by Crippen LogP contribution is -2.40. The second-order valence-electron chi connectivity index (χ2n) is 7.62. The van der Waals surface area contributed by atoms with Gasteiger partial charge < -0.3 is 10.4 Å². The van der Waals surface area contributed by atoms with Gasteiger partial charge in [-0.15, -0.1) is 0 Å². The van der Waals surface area contributed by atoms with Crippen LogP contribution in [0.25, 0.3) is 10.8 Å². The SMILES string of the molecule is Cc1cncc2c(S(=O)(=O)N3CC[C@H](NC(=O)C(O)c4ccc(Cl)cc4)C3)cccc12. The smallest absolute Gasteiger partial charge is 0.253 e. The van der Waals surface area contributed by atoms with Gasteiger partial charge in [-0.3, -0.25) is 9.78 Å². The van der Waals surface area contributed by atoms with Crippen LogP contribution in [0, 0.1) is 6.92 Å². The van der Waals surface area contributed by atoms with Crippen molar-refractivity contribution in [2.75, 3.05) is 13.1 Å². The Hall–Kier alpha value is -2.52. The van der Waals surface area contributed by atoms with Gasteiger partial charge in [-0.2, -0.15) is 4.31 Å². The number of sulfonamides is 1. The fourth-order valence-electron chi connectivity index (χ4n) is 3.82. The first-order valence-electron chi connectivity index (χ1n) is 9.85. The van der Waals surface area contributed by atoms with Crippen LogP contribution in [0.4, 0.5) is 0 Å². The van der Waals surface area contributed by atoms with Crippen molar-refractivity contribution in [1.29, 1.82) is 0 Å². The van der Waals surface area contributed by atoms with E-state index in [0.29, 0.717) is 22.4 Å². The van der Waals surface area contributed by atoms with Crippen molar-refractivity contribution in [3.05, 3.63) is 71.0 Å². The molecule has 1 saturated heterocycles. The molecule has 1 amide bonds. The normalized spacial score (nSPS) is 18.2. The van der Waals surface area contributed by atoms with Crippen LogP contribution in [0.1, 0.15) is 23.7 Å². The average molecular weight is 460 g/mol. The summed E-state index contributed by atoms with van der Waals surface area (Å²) in [6.45, 7) is 2.30. The van der Waals surface area contributed by atoms with E-state index in [1.165, 1.54) is 4.31 Å². The second-order valence-corrected chi connectivity index (χ2v) is 9.96. The largest absolute Gasteiger partial charge is 0.378 e. The lowest BCUT2D eigenvalue weighted by molar-refractivity contribution is -0.130. The minimum absolute atomic E-state index is 0.136. The molecule has 1 fully saturated rings. The van der Waals surface area contributed by atoms with Crippen molar-refractivity contribution in [1.82, 2.24) is 14.6 Å². The number of nitrogens with zero attached hydrogens (tertiary/aromatic N) is 2. The molecule has 0 bridgehead atoms. The van der Waals surface area contributed by atoms with Crippen molar-refractivity contribution in [2.24, 2.45) is 0 Å². The van der Waals surface area contributed by atoms with Crippen molar-refractivity contribution >= 4 is 38.3 Å². The van der Waals surface area contributed by atoms with Gasteiger partial charge in [-0.05, 0) is 48.1 Å². The fourth-order valence-corrected chi connectivity index (χ4v) is 5.64. The number of aliphatic hydroxyl groups is 1. The van der Waals surface area contributed by atoms with Crippen molar-refractivity contribution in [3.63, 3.8) is 0 Å². The molecule has 1 aliphatic heterocycles. The van der Waals surface area contributed by atoms with Crippen molar-refractivity contribution < 1.29 is 18.3 Å². The van der Waals surface area contributed by atoms with Crippen molar-refractivity contribution in [3.8, 4) is 0 Å². The molecule has 2 heterocycles. The molecular formula is C22H22ClN3O4S.